The van der Waals surface area contributed by atoms with Crippen molar-refractivity contribution in [2.24, 2.45) is 0 Å². The van der Waals surface area contributed by atoms with Crippen LogP contribution >= 0.6 is 0 Å². The molecule has 3 rings (SSSR count). The minimum atomic E-state index is -4.64. The Hall–Kier alpha value is -2.27. The first-order valence-electron chi connectivity index (χ1n) is 10.7. The van der Waals surface area contributed by atoms with Gasteiger partial charge in [0, 0.05) is 43.0 Å². The van der Waals surface area contributed by atoms with Gasteiger partial charge in [-0.25, -0.2) is 9.50 Å². The summed E-state index contributed by atoms with van der Waals surface area (Å²) in [4.78, 5) is 22.5. The van der Waals surface area contributed by atoms with Crippen LogP contribution in [-0.2, 0) is 22.1 Å². The molecule has 11 heteroatoms. The number of carbonyl (C=O) groups is 1. The predicted molar refractivity (Wildman–Crippen MR) is 112 cm³/mol. The fraction of sp³-hybridized carbons (Fsp3) is 0.714. The van der Waals surface area contributed by atoms with Crippen LogP contribution in [0.5, 0.6) is 0 Å². The first-order valence-corrected chi connectivity index (χ1v) is 10.7. The van der Waals surface area contributed by atoms with E-state index < -0.39 is 12.0 Å². The Morgan fingerprint density at radius 2 is 1.78 bits per heavy atom. The molecule has 32 heavy (non-hydrogen) atoms. The van der Waals surface area contributed by atoms with Crippen LogP contribution in [-0.4, -0.2) is 67.8 Å². The van der Waals surface area contributed by atoms with E-state index in [2.05, 4.69) is 39.1 Å². The van der Waals surface area contributed by atoms with E-state index in [1.54, 1.807) is 13.8 Å². The van der Waals surface area contributed by atoms with Crippen LogP contribution in [0.15, 0.2) is 0 Å². The number of rotatable bonds is 6. The molecule has 0 aliphatic carbocycles. The molecular formula is C21H31F3N6O2. The van der Waals surface area contributed by atoms with Gasteiger partial charge in [0.25, 0.3) is 11.6 Å². The van der Waals surface area contributed by atoms with E-state index >= 15 is 0 Å². The first kappa shape index (κ1) is 24.4. The fourth-order valence-corrected chi connectivity index (χ4v) is 4.12. The molecule has 178 valence electrons. The molecule has 1 aliphatic heterocycles. The molecule has 0 aromatic carbocycles. The molecule has 1 aliphatic rings. The highest BCUT2D eigenvalue weighted by molar-refractivity contribution is 5.76. The number of ether oxygens (including phenoxy) is 1. The zero-order valence-electron chi connectivity index (χ0n) is 19.4. The molecular weight excluding hydrogens is 425 g/mol. The van der Waals surface area contributed by atoms with Gasteiger partial charge in [-0.1, -0.05) is 0 Å². The van der Waals surface area contributed by atoms with Gasteiger partial charge in [0.2, 0.25) is 5.91 Å². The summed E-state index contributed by atoms with van der Waals surface area (Å²) in [5.74, 6) is -1.45. The summed E-state index contributed by atoms with van der Waals surface area (Å²) in [6.07, 6.45) is -3.83. The number of halogens is 3. The number of nitrogens with one attached hydrogen (secondary N) is 1. The number of fused-ring (bicyclic) bond motifs is 1. The molecule has 3 heterocycles. The molecule has 8 nitrogen and oxygen atoms in total. The molecule has 2 atom stereocenters. The summed E-state index contributed by atoms with van der Waals surface area (Å²) in [5, 5.41) is 6.54. The number of nitrogens with zero attached hydrogens (tertiary/aromatic N) is 5. The van der Waals surface area contributed by atoms with E-state index in [0.717, 1.165) is 17.6 Å². The lowest BCUT2D eigenvalue weighted by Crippen LogP contribution is -2.58. The number of morpholine rings is 1. The normalized spacial score (nSPS) is 20.7. The summed E-state index contributed by atoms with van der Waals surface area (Å²) in [7, 11) is 0. The van der Waals surface area contributed by atoms with Gasteiger partial charge in [-0.05, 0) is 53.5 Å². The number of hydrogen-bond donors (Lipinski definition) is 1. The highest BCUT2D eigenvalue weighted by Gasteiger charge is 2.37. The van der Waals surface area contributed by atoms with E-state index in [-0.39, 0.29) is 35.9 Å². The van der Waals surface area contributed by atoms with Crippen LogP contribution in [0.4, 0.5) is 13.2 Å². The molecule has 0 bridgehead atoms. The van der Waals surface area contributed by atoms with Gasteiger partial charge in [-0.2, -0.15) is 18.2 Å². The molecule has 2 aromatic rings. The lowest BCUT2D eigenvalue weighted by atomic mass is 9.99. The maximum absolute atomic E-state index is 12.9. The minimum Gasteiger partial charge on any atom is -0.373 e. The fourth-order valence-electron chi connectivity index (χ4n) is 4.12. The Balaban J connectivity index is 1.63. The maximum Gasteiger partial charge on any atom is 0.453 e. The predicted octanol–water partition coefficient (Wildman–Crippen LogP) is 2.70. The van der Waals surface area contributed by atoms with Gasteiger partial charge in [-0.15, -0.1) is 5.10 Å². The Labute approximate surface area is 185 Å². The molecule has 0 spiro atoms. The van der Waals surface area contributed by atoms with Crippen LogP contribution in [0.3, 0.4) is 0 Å². The molecule has 1 amide bonds. The Bertz CT molecular complexity index is 978. The lowest BCUT2D eigenvalue weighted by molar-refractivity contribution is -0.144. The van der Waals surface area contributed by atoms with Gasteiger partial charge in [0.1, 0.15) is 0 Å². The summed E-state index contributed by atoms with van der Waals surface area (Å²) in [5.41, 5.74) is 1.50. The number of hydrogen-bond acceptors (Lipinski definition) is 6. The van der Waals surface area contributed by atoms with Crippen molar-refractivity contribution < 1.29 is 22.7 Å². The summed E-state index contributed by atoms with van der Waals surface area (Å²) < 4.78 is 45.7. The third-order valence-corrected chi connectivity index (χ3v) is 5.90. The molecule has 1 N–H and O–H groups in total. The number of alkyl halides is 3. The summed E-state index contributed by atoms with van der Waals surface area (Å²) in [6, 6.07) is 0. The standard InChI is InChI=1S/C21H31F3N6O2/c1-12-9-29(10-13(2)32-12)20(5,6)11-25-17(31)8-7-16-14(3)26-19-27-18(21(22,23)24)28-30(19)15(16)4/h12-13H,7-11H2,1-6H3,(H,25,31). The SMILES string of the molecule is Cc1nc2nc(C(F)(F)F)nn2c(C)c1CCC(=O)NCC(C)(C)N1CC(C)OC(C)C1. The molecule has 1 fully saturated rings. The third-order valence-electron chi connectivity index (χ3n) is 5.90. The first-order chi connectivity index (χ1) is 14.8. The molecule has 2 aromatic heterocycles. The van der Waals surface area contributed by atoms with Gasteiger partial charge in [0.15, 0.2) is 0 Å². The summed E-state index contributed by atoms with van der Waals surface area (Å²) >= 11 is 0. The van der Waals surface area contributed by atoms with Crippen LogP contribution in [0, 0.1) is 13.8 Å². The second-order valence-electron chi connectivity index (χ2n) is 9.16. The quantitative estimate of drug-likeness (QED) is 0.720. The van der Waals surface area contributed by atoms with Crippen molar-refractivity contribution in [1.29, 1.82) is 0 Å². The summed E-state index contributed by atoms with van der Waals surface area (Å²) in [6.45, 7) is 13.7. The van der Waals surface area contributed by atoms with E-state index in [0.29, 0.717) is 29.9 Å². The average Bonchev–Trinajstić information content (AvgIpc) is 3.10. The van der Waals surface area contributed by atoms with Crippen LogP contribution in [0.25, 0.3) is 5.78 Å². The Morgan fingerprint density at radius 1 is 1.16 bits per heavy atom. The van der Waals surface area contributed by atoms with Crippen molar-refractivity contribution in [2.45, 2.75) is 78.3 Å². The largest absolute Gasteiger partial charge is 0.453 e. The highest BCUT2D eigenvalue weighted by atomic mass is 19.4. The molecule has 2 unspecified atom stereocenters. The van der Waals surface area contributed by atoms with Crippen LogP contribution in [0.1, 0.15) is 56.9 Å². The van der Waals surface area contributed by atoms with E-state index in [1.165, 1.54) is 0 Å². The second kappa shape index (κ2) is 8.93. The van der Waals surface area contributed by atoms with Crippen molar-refractivity contribution in [2.75, 3.05) is 19.6 Å². The van der Waals surface area contributed by atoms with E-state index in [1.807, 2.05) is 13.8 Å². The third kappa shape index (κ3) is 5.37. The van der Waals surface area contributed by atoms with E-state index in [4.69, 9.17) is 4.74 Å². The van der Waals surface area contributed by atoms with Crippen LogP contribution in [0.2, 0.25) is 0 Å². The lowest BCUT2D eigenvalue weighted by Gasteiger charge is -2.45. The molecule has 0 saturated carbocycles. The highest BCUT2D eigenvalue weighted by Crippen LogP contribution is 2.27. The van der Waals surface area contributed by atoms with E-state index in [9.17, 15) is 18.0 Å². The van der Waals surface area contributed by atoms with Gasteiger partial charge in [-0.3, -0.25) is 9.69 Å². The number of amides is 1. The molecule has 0 radical (unpaired) electrons. The van der Waals surface area contributed by atoms with Crippen LogP contribution < -0.4 is 5.32 Å². The monoisotopic (exact) mass is 456 g/mol. The average molecular weight is 457 g/mol. The minimum absolute atomic E-state index is 0.101. The van der Waals surface area contributed by atoms with Crippen molar-refractivity contribution in [3.05, 3.63) is 22.8 Å². The Kier molecular flexibility index (Phi) is 6.80. The smallest absolute Gasteiger partial charge is 0.373 e. The number of carbonyl (C=O) groups excluding carboxylic acids is 1. The zero-order valence-corrected chi connectivity index (χ0v) is 19.4. The second-order valence-corrected chi connectivity index (χ2v) is 9.16. The Morgan fingerprint density at radius 3 is 2.38 bits per heavy atom. The topological polar surface area (TPSA) is 84.6 Å². The van der Waals surface area contributed by atoms with Crippen molar-refractivity contribution in [1.82, 2.24) is 29.8 Å². The zero-order chi connectivity index (χ0) is 23.8. The number of aryl methyl sites for hydroxylation is 2. The van der Waals surface area contributed by atoms with Gasteiger partial charge < -0.3 is 10.1 Å². The van der Waals surface area contributed by atoms with Crippen molar-refractivity contribution in [3.8, 4) is 0 Å². The maximum atomic E-state index is 12.9. The molecule has 1 saturated heterocycles. The van der Waals surface area contributed by atoms with Gasteiger partial charge in [0.05, 0.1) is 12.2 Å². The number of aromatic nitrogens is 4. The van der Waals surface area contributed by atoms with Gasteiger partial charge >= 0.3 is 6.18 Å². The van der Waals surface area contributed by atoms with Crippen molar-refractivity contribution >= 4 is 11.7 Å². The van der Waals surface area contributed by atoms with Crippen molar-refractivity contribution in [3.63, 3.8) is 0 Å².